The van der Waals surface area contributed by atoms with Crippen LogP contribution in [0.15, 0.2) is 24.7 Å². The van der Waals surface area contributed by atoms with E-state index in [1.807, 2.05) is 6.07 Å². The fourth-order valence-electron chi connectivity index (χ4n) is 5.63. The van der Waals surface area contributed by atoms with Gasteiger partial charge in [-0.1, -0.05) is 0 Å². The van der Waals surface area contributed by atoms with Crippen molar-refractivity contribution in [2.45, 2.75) is 63.2 Å². The fourth-order valence-corrected chi connectivity index (χ4v) is 5.63. The zero-order chi connectivity index (χ0) is 24.8. The zero-order valence-corrected chi connectivity index (χ0v) is 19.8. The van der Waals surface area contributed by atoms with Gasteiger partial charge in [0, 0.05) is 32.1 Å². The second-order valence-electron chi connectivity index (χ2n) is 9.99. The highest BCUT2D eigenvalue weighted by Crippen LogP contribution is 2.35. The molecule has 6 rings (SSSR count). The van der Waals surface area contributed by atoms with Crippen LogP contribution in [0.3, 0.4) is 0 Å². The standard InChI is InChI=1S/C24H29F2N7O3/c25-22(26)21-19(12-33(30-21)15-3-1-14(13-34)2-4-15)28-24(35)18-9-27-32-8-7-20(29-23(18)32)31-10-16-5-6-17(11-31)36-16/h7-9,12,14-17,22,34H,1-6,10-11,13H2,(H,28,35). The second kappa shape index (κ2) is 9.40. The van der Waals surface area contributed by atoms with Crippen molar-refractivity contribution < 1.29 is 23.4 Å². The zero-order valence-electron chi connectivity index (χ0n) is 19.8. The predicted molar refractivity (Wildman–Crippen MR) is 126 cm³/mol. The van der Waals surface area contributed by atoms with Crippen molar-refractivity contribution in [1.82, 2.24) is 24.4 Å². The summed E-state index contributed by atoms with van der Waals surface area (Å²) in [6, 6.07) is 1.82. The van der Waals surface area contributed by atoms with E-state index in [0.29, 0.717) is 5.65 Å². The molecule has 2 aliphatic heterocycles. The number of aliphatic hydroxyl groups is 1. The molecule has 3 aromatic rings. The minimum Gasteiger partial charge on any atom is -0.396 e. The largest absolute Gasteiger partial charge is 0.396 e. The molecule has 36 heavy (non-hydrogen) atoms. The summed E-state index contributed by atoms with van der Waals surface area (Å²) in [5.74, 6) is 0.408. The van der Waals surface area contributed by atoms with E-state index in [4.69, 9.17) is 9.72 Å². The number of rotatable bonds is 6. The lowest BCUT2D eigenvalue weighted by Crippen LogP contribution is -2.43. The normalized spacial score (nSPS) is 26.2. The number of alkyl halides is 2. The Hall–Kier alpha value is -3.12. The maximum Gasteiger partial charge on any atom is 0.284 e. The van der Waals surface area contributed by atoms with Crippen LogP contribution < -0.4 is 10.2 Å². The van der Waals surface area contributed by atoms with Crippen LogP contribution in [-0.4, -0.2) is 67.3 Å². The molecule has 0 spiro atoms. The van der Waals surface area contributed by atoms with Crippen molar-refractivity contribution in [1.29, 1.82) is 0 Å². The van der Waals surface area contributed by atoms with Crippen molar-refractivity contribution in [3.8, 4) is 0 Å². The van der Waals surface area contributed by atoms with Gasteiger partial charge in [-0.25, -0.2) is 18.3 Å². The smallest absolute Gasteiger partial charge is 0.284 e. The number of carbonyl (C=O) groups excluding carboxylic acids is 1. The molecule has 3 aromatic heterocycles. The maximum absolute atomic E-state index is 13.8. The number of nitrogens with zero attached hydrogens (tertiary/aromatic N) is 6. The Morgan fingerprint density at radius 3 is 2.61 bits per heavy atom. The third-order valence-corrected chi connectivity index (χ3v) is 7.63. The van der Waals surface area contributed by atoms with E-state index in [-0.39, 0.29) is 42.0 Å². The van der Waals surface area contributed by atoms with E-state index in [1.54, 1.807) is 6.20 Å². The summed E-state index contributed by atoms with van der Waals surface area (Å²) < 4.78 is 36.5. The summed E-state index contributed by atoms with van der Waals surface area (Å²) in [5.41, 5.74) is 0.0859. The van der Waals surface area contributed by atoms with Crippen LogP contribution in [0, 0.1) is 5.92 Å². The predicted octanol–water partition coefficient (Wildman–Crippen LogP) is 3.21. The number of aromatic nitrogens is 5. The molecular formula is C24H29F2N7O3. The van der Waals surface area contributed by atoms with Gasteiger partial charge >= 0.3 is 0 Å². The quantitative estimate of drug-likeness (QED) is 0.534. The lowest BCUT2D eigenvalue weighted by atomic mass is 9.87. The van der Waals surface area contributed by atoms with Crippen LogP contribution >= 0.6 is 0 Å². The van der Waals surface area contributed by atoms with Gasteiger partial charge in [0.15, 0.2) is 11.3 Å². The van der Waals surface area contributed by atoms with Crippen LogP contribution in [0.25, 0.3) is 5.65 Å². The molecule has 2 atom stereocenters. The van der Waals surface area contributed by atoms with E-state index in [9.17, 15) is 18.7 Å². The third-order valence-electron chi connectivity index (χ3n) is 7.63. The van der Waals surface area contributed by atoms with Gasteiger partial charge in [-0.3, -0.25) is 9.48 Å². The molecule has 10 nitrogen and oxygen atoms in total. The summed E-state index contributed by atoms with van der Waals surface area (Å²) in [4.78, 5) is 20.0. The number of aliphatic hydroxyl groups excluding tert-OH is 1. The first kappa shape index (κ1) is 23.3. The first-order valence-electron chi connectivity index (χ1n) is 12.5. The molecular weight excluding hydrogens is 472 g/mol. The molecule has 1 saturated carbocycles. The minimum absolute atomic E-state index is 0.0143. The SMILES string of the molecule is O=C(Nc1cn(C2CCC(CO)CC2)nc1C(F)F)c1cnn2ccc(N3CC4CCC(C3)O4)nc12. The summed E-state index contributed by atoms with van der Waals surface area (Å²) in [7, 11) is 0. The number of ether oxygens (including phenoxy) is 1. The van der Waals surface area contributed by atoms with E-state index in [2.05, 4.69) is 20.4 Å². The average Bonchev–Trinajstić information content (AvgIpc) is 3.60. The first-order chi connectivity index (χ1) is 17.5. The summed E-state index contributed by atoms with van der Waals surface area (Å²) in [6.45, 7) is 1.62. The van der Waals surface area contributed by atoms with Gasteiger partial charge in [0.25, 0.3) is 12.3 Å². The highest BCUT2D eigenvalue weighted by atomic mass is 19.3. The second-order valence-corrected chi connectivity index (χ2v) is 9.99. The number of amides is 1. The average molecular weight is 502 g/mol. The number of nitrogens with one attached hydrogen (secondary N) is 1. The van der Waals surface area contributed by atoms with Gasteiger partial charge in [-0.05, 0) is 50.5 Å². The van der Waals surface area contributed by atoms with Crippen molar-refractivity contribution in [2.75, 3.05) is 29.9 Å². The molecule has 1 amide bonds. The van der Waals surface area contributed by atoms with Crippen molar-refractivity contribution >= 4 is 23.1 Å². The Labute approximate surface area is 206 Å². The van der Waals surface area contributed by atoms with Crippen molar-refractivity contribution in [3.63, 3.8) is 0 Å². The molecule has 12 heteroatoms. The van der Waals surface area contributed by atoms with Crippen LogP contribution in [0.2, 0.25) is 0 Å². The molecule has 1 aliphatic carbocycles. The van der Waals surface area contributed by atoms with Crippen LogP contribution in [0.5, 0.6) is 0 Å². The molecule has 0 radical (unpaired) electrons. The number of hydrogen-bond donors (Lipinski definition) is 2. The Bertz CT molecular complexity index is 1240. The molecule has 2 saturated heterocycles. The van der Waals surface area contributed by atoms with Gasteiger partial charge < -0.3 is 20.1 Å². The van der Waals surface area contributed by atoms with Gasteiger partial charge in [0.1, 0.15) is 11.4 Å². The van der Waals surface area contributed by atoms with E-state index in [1.165, 1.54) is 21.6 Å². The Balaban J connectivity index is 1.23. The minimum atomic E-state index is -2.83. The van der Waals surface area contributed by atoms with E-state index >= 15 is 0 Å². The van der Waals surface area contributed by atoms with Gasteiger partial charge in [-0.15, -0.1) is 0 Å². The molecule has 2 N–H and O–H groups in total. The molecule has 2 unspecified atom stereocenters. The maximum atomic E-state index is 13.8. The number of carbonyl (C=O) groups is 1. The van der Waals surface area contributed by atoms with Crippen molar-refractivity contribution in [3.05, 3.63) is 35.9 Å². The van der Waals surface area contributed by atoms with Crippen LogP contribution in [0.1, 0.15) is 67.0 Å². The molecule has 5 heterocycles. The molecule has 0 aromatic carbocycles. The highest BCUT2D eigenvalue weighted by molar-refractivity contribution is 6.08. The van der Waals surface area contributed by atoms with Crippen LogP contribution in [0.4, 0.5) is 20.3 Å². The number of hydrogen-bond acceptors (Lipinski definition) is 7. The molecule has 2 bridgehead atoms. The topological polar surface area (TPSA) is 110 Å². The van der Waals surface area contributed by atoms with Crippen LogP contribution in [-0.2, 0) is 4.74 Å². The summed E-state index contributed by atoms with van der Waals surface area (Å²) in [6.07, 6.45) is 7.36. The summed E-state index contributed by atoms with van der Waals surface area (Å²) >= 11 is 0. The van der Waals surface area contributed by atoms with E-state index in [0.717, 1.165) is 57.4 Å². The molecule has 3 aliphatic rings. The fraction of sp³-hybridized carbons (Fsp3) is 0.583. The van der Waals surface area contributed by atoms with Gasteiger partial charge in [0.2, 0.25) is 0 Å². The lowest BCUT2D eigenvalue weighted by molar-refractivity contribution is 0.0302. The first-order valence-corrected chi connectivity index (χ1v) is 12.5. The number of fused-ring (bicyclic) bond motifs is 3. The number of morpholine rings is 1. The summed E-state index contributed by atoms with van der Waals surface area (Å²) in [5, 5.41) is 20.3. The Kier molecular flexibility index (Phi) is 6.08. The monoisotopic (exact) mass is 501 g/mol. The van der Waals surface area contributed by atoms with E-state index < -0.39 is 18.0 Å². The highest BCUT2D eigenvalue weighted by Gasteiger charge is 2.34. The van der Waals surface area contributed by atoms with Gasteiger partial charge in [-0.2, -0.15) is 10.2 Å². The number of halogens is 2. The third kappa shape index (κ3) is 4.32. The molecule has 3 fully saturated rings. The van der Waals surface area contributed by atoms with Gasteiger partial charge in [0.05, 0.1) is 30.1 Å². The number of anilines is 2. The lowest BCUT2D eigenvalue weighted by Gasteiger charge is -2.32. The van der Waals surface area contributed by atoms with Crippen molar-refractivity contribution in [2.24, 2.45) is 5.92 Å². The molecule has 192 valence electrons. The Morgan fingerprint density at radius 1 is 1.17 bits per heavy atom. The Morgan fingerprint density at radius 2 is 1.92 bits per heavy atom.